The zero-order valence-corrected chi connectivity index (χ0v) is 22.8. The predicted molar refractivity (Wildman–Crippen MR) is 147 cm³/mol. The highest BCUT2D eigenvalue weighted by molar-refractivity contribution is 7.19. The molecule has 1 fully saturated rings. The maximum absolute atomic E-state index is 13.8. The lowest BCUT2D eigenvalue weighted by Gasteiger charge is -2.18. The highest BCUT2D eigenvalue weighted by Crippen LogP contribution is 2.37. The third-order valence-electron chi connectivity index (χ3n) is 7.26. The molecule has 36 heavy (non-hydrogen) atoms. The topological polar surface area (TPSA) is 89.8 Å². The highest BCUT2D eigenvalue weighted by atomic mass is 32.1. The van der Waals surface area contributed by atoms with Gasteiger partial charge in [0.25, 0.3) is 5.56 Å². The molecule has 1 atom stereocenters. The predicted octanol–water partition coefficient (Wildman–Crippen LogP) is 6.54. The summed E-state index contributed by atoms with van der Waals surface area (Å²) in [6, 6.07) is 5.55. The minimum atomic E-state index is -0.691. The molecule has 7 nitrogen and oxygen atoms in total. The highest BCUT2D eigenvalue weighted by Gasteiger charge is 2.26. The Labute approximate surface area is 218 Å². The Morgan fingerprint density at radius 3 is 2.61 bits per heavy atom. The summed E-state index contributed by atoms with van der Waals surface area (Å²) in [4.78, 5) is 33.4. The van der Waals surface area contributed by atoms with E-state index >= 15 is 0 Å². The van der Waals surface area contributed by atoms with Crippen LogP contribution in [0.25, 0.3) is 21.3 Å². The van der Waals surface area contributed by atoms with E-state index in [1.54, 1.807) is 0 Å². The monoisotopic (exact) mass is 521 g/mol. The van der Waals surface area contributed by atoms with Gasteiger partial charge in [0.15, 0.2) is 0 Å². The number of carbonyl (C=O) groups is 1. The van der Waals surface area contributed by atoms with Crippen LogP contribution in [0, 0.1) is 20.8 Å². The molecule has 1 saturated carbocycles. The zero-order valence-electron chi connectivity index (χ0n) is 21.1. The van der Waals surface area contributed by atoms with Crippen molar-refractivity contribution >= 4 is 43.9 Å². The van der Waals surface area contributed by atoms with Crippen LogP contribution in [0.2, 0.25) is 0 Å². The van der Waals surface area contributed by atoms with Gasteiger partial charge in [-0.15, -0.1) is 21.5 Å². The van der Waals surface area contributed by atoms with Crippen LogP contribution in [0.4, 0.5) is 5.13 Å². The van der Waals surface area contributed by atoms with Gasteiger partial charge in [0.1, 0.15) is 15.9 Å². The minimum Gasteiger partial charge on any atom is -0.299 e. The maximum Gasteiger partial charge on any atom is 0.263 e. The number of nitrogens with one attached hydrogen (secondary N) is 1. The van der Waals surface area contributed by atoms with Crippen LogP contribution in [0.3, 0.4) is 0 Å². The van der Waals surface area contributed by atoms with Crippen LogP contribution in [-0.2, 0) is 4.79 Å². The fourth-order valence-corrected chi connectivity index (χ4v) is 7.00. The fourth-order valence-electron chi connectivity index (χ4n) is 5.08. The molecule has 3 heterocycles. The van der Waals surface area contributed by atoms with Crippen LogP contribution in [0.5, 0.6) is 0 Å². The molecule has 3 aromatic heterocycles. The first-order valence-corrected chi connectivity index (χ1v) is 14.2. The van der Waals surface area contributed by atoms with Crippen molar-refractivity contribution < 1.29 is 4.79 Å². The number of amides is 1. The van der Waals surface area contributed by atoms with E-state index in [1.807, 2.05) is 13.8 Å². The molecule has 1 aliphatic carbocycles. The Morgan fingerprint density at radius 1 is 1.11 bits per heavy atom. The number of anilines is 1. The second-order valence-corrected chi connectivity index (χ2v) is 11.9. The van der Waals surface area contributed by atoms with E-state index in [4.69, 9.17) is 0 Å². The van der Waals surface area contributed by atoms with Gasteiger partial charge < -0.3 is 0 Å². The quantitative estimate of drug-likeness (QED) is 0.311. The third kappa shape index (κ3) is 4.62. The van der Waals surface area contributed by atoms with Gasteiger partial charge in [-0.3, -0.25) is 19.5 Å². The van der Waals surface area contributed by atoms with Gasteiger partial charge in [-0.05, 0) is 56.7 Å². The zero-order chi connectivity index (χ0) is 25.4. The van der Waals surface area contributed by atoms with Gasteiger partial charge in [-0.2, -0.15) is 0 Å². The first-order chi connectivity index (χ1) is 17.4. The lowest BCUT2D eigenvalue weighted by Crippen LogP contribution is -2.33. The van der Waals surface area contributed by atoms with Crippen molar-refractivity contribution in [1.29, 1.82) is 0 Å². The summed E-state index contributed by atoms with van der Waals surface area (Å²) in [7, 11) is 0. The number of nitrogens with zero attached hydrogens (tertiary/aromatic N) is 4. The molecule has 4 aromatic rings. The molecule has 1 aliphatic rings. The van der Waals surface area contributed by atoms with E-state index in [0.717, 1.165) is 33.9 Å². The van der Waals surface area contributed by atoms with Crippen LogP contribution in [-0.4, -0.2) is 25.7 Å². The van der Waals surface area contributed by atoms with Crippen molar-refractivity contribution in [2.24, 2.45) is 0 Å². The van der Waals surface area contributed by atoms with E-state index < -0.39 is 6.04 Å². The Kier molecular flexibility index (Phi) is 7.03. The summed E-state index contributed by atoms with van der Waals surface area (Å²) in [6.07, 6.45) is 7.93. The lowest BCUT2D eigenvalue weighted by molar-refractivity contribution is -0.119. The van der Waals surface area contributed by atoms with Gasteiger partial charge in [0.2, 0.25) is 11.0 Å². The summed E-state index contributed by atoms with van der Waals surface area (Å²) in [5.74, 6) is 0.163. The third-order valence-corrected chi connectivity index (χ3v) is 9.27. The SMILES string of the molecule is CCC(C(=O)Nc1nnc(C2CCCCC2)s1)n1cnc2sc(C)c(-c3ccc(C)c(C)c3)c2c1=O. The van der Waals surface area contributed by atoms with Gasteiger partial charge in [-0.1, -0.05) is 55.7 Å². The molecule has 0 radical (unpaired) electrons. The van der Waals surface area contributed by atoms with Crippen molar-refractivity contribution in [3.05, 3.63) is 55.9 Å². The number of carbonyl (C=O) groups excluding carboxylic acids is 1. The molecule has 5 rings (SSSR count). The first kappa shape index (κ1) is 24.8. The number of aryl methyl sites for hydroxylation is 3. The average molecular weight is 522 g/mol. The molecule has 9 heteroatoms. The molecule has 0 bridgehead atoms. The summed E-state index contributed by atoms with van der Waals surface area (Å²) in [5, 5.41) is 13.5. The van der Waals surface area contributed by atoms with Crippen LogP contribution in [0.15, 0.2) is 29.3 Å². The number of fused-ring (bicyclic) bond motifs is 1. The molecule has 188 valence electrons. The molecule has 0 saturated heterocycles. The molecule has 0 spiro atoms. The lowest BCUT2D eigenvalue weighted by atomic mass is 9.90. The van der Waals surface area contributed by atoms with E-state index in [1.165, 1.54) is 64.0 Å². The average Bonchev–Trinajstić information content (AvgIpc) is 3.47. The van der Waals surface area contributed by atoms with Crippen LogP contribution < -0.4 is 10.9 Å². The molecule has 1 unspecified atom stereocenters. The summed E-state index contributed by atoms with van der Waals surface area (Å²) >= 11 is 2.96. The van der Waals surface area contributed by atoms with Crippen molar-refractivity contribution in [3.8, 4) is 11.1 Å². The van der Waals surface area contributed by atoms with Gasteiger partial charge in [0.05, 0.1) is 11.7 Å². The molecular weight excluding hydrogens is 490 g/mol. The summed E-state index contributed by atoms with van der Waals surface area (Å²) in [6.45, 7) is 8.07. The van der Waals surface area contributed by atoms with Crippen molar-refractivity contribution in [1.82, 2.24) is 19.7 Å². The second kappa shape index (κ2) is 10.2. The number of hydrogen-bond donors (Lipinski definition) is 1. The molecular formula is C27H31N5O2S2. The fraction of sp³-hybridized carbons (Fsp3) is 0.444. The van der Waals surface area contributed by atoms with Crippen molar-refractivity contribution in [2.45, 2.75) is 78.2 Å². The van der Waals surface area contributed by atoms with Crippen molar-refractivity contribution in [2.75, 3.05) is 5.32 Å². The standard InChI is InChI=1S/C27H31N5O2S2/c1-5-20(23(33)29-27-31-30-24(36-27)18-9-7-6-8-10-18)32-14-28-25-22(26(32)34)21(17(4)35-25)19-12-11-15(2)16(3)13-19/h11-14,18,20H,5-10H2,1-4H3,(H,29,31,33). The Balaban J connectivity index is 1.47. The summed E-state index contributed by atoms with van der Waals surface area (Å²) < 4.78 is 1.47. The van der Waals surface area contributed by atoms with Crippen LogP contribution in [0.1, 0.15) is 78.4 Å². The van der Waals surface area contributed by atoms with E-state index in [-0.39, 0.29) is 11.5 Å². The molecule has 0 aliphatic heterocycles. The number of aromatic nitrogens is 4. The Hall–Kier alpha value is -2.91. The molecule has 1 N–H and O–H groups in total. The largest absolute Gasteiger partial charge is 0.299 e. The number of benzene rings is 1. The first-order valence-electron chi connectivity index (χ1n) is 12.6. The van der Waals surface area contributed by atoms with E-state index in [9.17, 15) is 9.59 Å². The second-order valence-electron chi connectivity index (χ2n) is 9.66. The Bertz CT molecular complexity index is 1480. The van der Waals surface area contributed by atoms with Gasteiger partial charge in [0, 0.05) is 16.4 Å². The smallest absolute Gasteiger partial charge is 0.263 e. The number of hydrogen-bond acceptors (Lipinski definition) is 7. The van der Waals surface area contributed by atoms with Gasteiger partial charge >= 0.3 is 0 Å². The van der Waals surface area contributed by atoms with E-state index in [2.05, 4.69) is 52.5 Å². The molecule has 1 aromatic carbocycles. The minimum absolute atomic E-state index is 0.195. The van der Waals surface area contributed by atoms with Crippen molar-refractivity contribution in [3.63, 3.8) is 0 Å². The molecule has 1 amide bonds. The van der Waals surface area contributed by atoms with E-state index in [0.29, 0.717) is 27.7 Å². The summed E-state index contributed by atoms with van der Waals surface area (Å²) in [5.41, 5.74) is 4.09. The number of thiophene rings is 1. The maximum atomic E-state index is 13.8. The van der Waals surface area contributed by atoms with Gasteiger partial charge in [-0.25, -0.2) is 4.98 Å². The normalized spacial score (nSPS) is 15.3. The Morgan fingerprint density at radius 2 is 1.89 bits per heavy atom. The number of rotatable bonds is 6. The van der Waals surface area contributed by atoms with Crippen LogP contribution >= 0.6 is 22.7 Å².